The molecule has 1 N–H and O–H groups in total. The summed E-state index contributed by atoms with van der Waals surface area (Å²) in [6.07, 6.45) is 3.80. The lowest BCUT2D eigenvalue weighted by Gasteiger charge is -2.28. The Labute approximate surface area is 150 Å². The third-order valence-corrected chi connectivity index (χ3v) is 4.93. The van der Waals surface area contributed by atoms with E-state index in [0.717, 1.165) is 58.9 Å². The molecule has 1 saturated heterocycles. The van der Waals surface area contributed by atoms with Gasteiger partial charge in [0.1, 0.15) is 0 Å². The Balaban J connectivity index is 1.76. The Kier molecular flexibility index (Phi) is 3.60. The van der Waals surface area contributed by atoms with Crippen molar-refractivity contribution in [1.82, 2.24) is 24.5 Å². The van der Waals surface area contributed by atoms with Gasteiger partial charge in [-0.3, -0.25) is 0 Å². The van der Waals surface area contributed by atoms with Crippen molar-refractivity contribution < 1.29 is 4.74 Å². The second-order valence-corrected chi connectivity index (χ2v) is 6.42. The number of rotatable bonds is 3. The number of benzene rings is 1. The third kappa shape index (κ3) is 2.35. The Morgan fingerprint density at radius 2 is 2.04 bits per heavy atom. The molecule has 7 heteroatoms. The summed E-state index contributed by atoms with van der Waals surface area (Å²) in [5.41, 5.74) is 3.86. The van der Waals surface area contributed by atoms with Gasteiger partial charge in [-0.2, -0.15) is 0 Å². The lowest BCUT2D eigenvalue weighted by molar-refractivity contribution is 0.122. The predicted octanol–water partition coefficient (Wildman–Crippen LogP) is 2.83. The van der Waals surface area contributed by atoms with E-state index < -0.39 is 0 Å². The molecule has 5 rings (SSSR count). The summed E-state index contributed by atoms with van der Waals surface area (Å²) >= 11 is 0. The first-order valence-electron chi connectivity index (χ1n) is 8.97. The van der Waals surface area contributed by atoms with E-state index in [4.69, 9.17) is 14.7 Å². The highest BCUT2D eigenvalue weighted by molar-refractivity contribution is 5.95. The summed E-state index contributed by atoms with van der Waals surface area (Å²) in [5.74, 6) is 1.63. The first kappa shape index (κ1) is 15.3. The van der Waals surface area contributed by atoms with Gasteiger partial charge in [0.25, 0.3) is 0 Å². The van der Waals surface area contributed by atoms with Crippen LogP contribution < -0.4 is 4.90 Å². The Hall–Kier alpha value is -2.93. The van der Waals surface area contributed by atoms with Crippen molar-refractivity contribution in [3.8, 4) is 11.4 Å². The van der Waals surface area contributed by atoms with E-state index in [0.29, 0.717) is 13.2 Å². The lowest BCUT2D eigenvalue weighted by atomic mass is 10.1. The largest absolute Gasteiger partial charge is 0.378 e. The van der Waals surface area contributed by atoms with E-state index in [1.54, 1.807) is 0 Å². The van der Waals surface area contributed by atoms with E-state index in [-0.39, 0.29) is 0 Å². The number of aryl methyl sites for hydroxylation is 1. The van der Waals surface area contributed by atoms with Crippen LogP contribution in [0.3, 0.4) is 0 Å². The van der Waals surface area contributed by atoms with E-state index >= 15 is 0 Å². The van der Waals surface area contributed by atoms with Crippen molar-refractivity contribution in [3.05, 3.63) is 36.8 Å². The summed E-state index contributed by atoms with van der Waals surface area (Å²) in [5, 5.41) is 1.13. The fraction of sp³-hybridized carbons (Fsp3) is 0.316. The zero-order valence-electron chi connectivity index (χ0n) is 14.6. The fourth-order valence-electron chi connectivity index (χ4n) is 3.56. The molecule has 0 saturated carbocycles. The lowest BCUT2D eigenvalue weighted by Crippen LogP contribution is -2.37. The van der Waals surface area contributed by atoms with Gasteiger partial charge < -0.3 is 19.2 Å². The average molecular weight is 348 g/mol. The summed E-state index contributed by atoms with van der Waals surface area (Å²) < 4.78 is 7.58. The maximum absolute atomic E-state index is 5.51. The van der Waals surface area contributed by atoms with Crippen LogP contribution in [0, 0.1) is 0 Å². The highest BCUT2D eigenvalue weighted by atomic mass is 16.5. The van der Waals surface area contributed by atoms with Crippen LogP contribution in [0.4, 0.5) is 5.82 Å². The minimum Gasteiger partial charge on any atom is -0.378 e. The van der Waals surface area contributed by atoms with Crippen molar-refractivity contribution in [2.24, 2.45) is 0 Å². The highest BCUT2D eigenvalue weighted by Crippen LogP contribution is 2.30. The van der Waals surface area contributed by atoms with E-state index in [1.807, 2.05) is 18.6 Å². The number of hydrogen-bond acceptors (Lipinski definition) is 5. The second-order valence-electron chi connectivity index (χ2n) is 6.42. The smallest absolute Gasteiger partial charge is 0.166 e. The van der Waals surface area contributed by atoms with Crippen LogP contribution in [0.15, 0.2) is 36.8 Å². The van der Waals surface area contributed by atoms with Crippen molar-refractivity contribution in [1.29, 1.82) is 0 Å². The monoisotopic (exact) mass is 348 g/mol. The maximum atomic E-state index is 5.51. The van der Waals surface area contributed by atoms with Gasteiger partial charge in [0.15, 0.2) is 22.8 Å². The summed E-state index contributed by atoms with van der Waals surface area (Å²) in [4.78, 5) is 19.9. The molecule has 0 atom stereocenters. The first-order valence-corrected chi connectivity index (χ1v) is 8.97. The van der Waals surface area contributed by atoms with E-state index in [1.165, 1.54) is 0 Å². The second kappa shape index (κ2) is 6.10. The predicted molar refractivity (Wildman–Crippen MR) is 101 cm³/mol. The normalized spacial score (nSPS) is 15.2. The molecule has 0 aliphatic carbocycles. The molecule has 1 fully saturated rings. The van der Waals surface area contributed by atoms with Crippen LogP contribution in [-0.4, -0.2) is 50.8 Å². The first-order chi connectivity index (χ1) is 12.8. The number of morpholine rings is 1. The van der Waals surface area contributed by atoms with Gasteiger partial charge in [0.05, 0.1) is 19.5 Å². The molecule has 0 radical (unpaired) electrons. The average Bonchev–Trinajstić information content (AvgIpc) is 3.34. The van der Waals surface area contributed by atoms with Gasteiger partial charge in [-0.15, -0.1) is 0 Å². The van der Waals surface area contributed by atoms with Crippen molar-refractivity contribution in [2.45, 2.75) is 13.5 Å². The molecular formula is C19H20N6O. The Bertz CT molecular complexity index is 1080. The number of imidazole rings is 1. The van der Waals surface area contributed by atoms with Gasteiger partial charge in [-0.25, -0.2) is 15.0 Å². The molecule has 4 heterocycles. The Morgan fingerprint density at radius 3 is 2.88 bits per heavy atom. The number of hydrogen-bond donors (Lipinski definition) is 1. The van der Waals surface area contributed by atoms with Gasteiger partial charge in [-0.1, -0.05) is 12.1 Å². The van der Waals surface area contributed by atoms with Crippen molar-refractivity contribution >= 4 is 27.9 Å². The zero-order valence-corrected chi connectivity index (χ0v) is 14.6. The number of fused-ring (bicyclic) bond motifs is 2. The molecule has 4 aromatic rings. The molecule has 0 unspecified atom stereocenters. The number of aromatic nitrogens is 5. The molecule has 3 aromatic heterocycles. The molecule has 0 spiro atoms. The molecular weight excluding hydrogens is 328 g/mol. The molecule has 1 aromatic carbocycles. The van der Waals surface area contributed by atoms with Gasteiger partial charge >= 0.3 is 0 Å². The molecule has 0 amide bonds. The van der Waals surface area contributed by atoms with Crippen molar-refractivity contribution in [3.63, 3.8) is 0 Å². The molecule has 1 aliphatic rings. The number of nitrogens with zero attached hydrogens (tertiary/aromatic N) is 5. The summed E-state index contributed by atoms with van der Waals surface area (Å²) in [7, 11) is 0. The van der Waals surface area contributed by atoms with E-state index in [2.05, 4.69) is 44.6 Å². The Morgan fingerprint density at radius 1 is 1.15 bits per heavy atom. The number of nitrogens with one attached hydrogen (secondary N) is 1. The standard InChI is InChI=1S/C19H20N6O/c1-2-24-12-21-16-18(24)22-17(23-19(16)25-8-10-26-11-9-25)14-4-3-5-15-13(14)6-7-20-15/h3-7,12,20H,2,8-11H2,1H3. The quantitative estimate of drug-likeness (QED) is 0.616. The van der Waals surface area contributed by atoms with Gasteiger partial charge in [0, 0.05) is 42.3 Å². The minimum absolute atomic E-state index is 0.711. The van der Waals surface area contributed by atoms with Crippen LogP contribution in [0.2, 0.25) is 0 Å². The van der Waals surface area contributed by atoms with Crippen LogP contribution in [0.25, 0.3) is 33.5 Å². The van der Waals surface area contributed by atoms with Crippen LogP contribution in [0.5, 0.6) is 0 Å². The molecule has 1 aliphatic heterocycles. The fourth-order valence-corrected chi connectivity index (χ4v) is 3.56. The molecule has 7 nitrogen and oxygen atoms in total. The summed E-state index contributed by atoms with van der Waals surface area (Å²) in [6.45, 7) is 5.98. The molecule has 132 valence electrons. The van der Waals surface area contributed by atoms with Gasteiger partial charge in [0.2, 0.25) is 0 Å². The summed E-state index contributed by atoms with van der Waals surface area (Å²) in [6, 6.07) is 8.25. The van der Waals surface area contributed by atoms with Crippen molar-refractivity contribution in [2.75, 3.05) is 31.2 Å². The zero-order chi connectivity index (χ0) is 17.5. The van der Waals surface area contributed by atoms with E-state index in [9.17, 15) is 0 Å². The van der Waals surface area contributed by atoms with Crippen LogP contribution in [-0.2, 0) is 11.3 Å². The minimum atomic E-state index is 0.711. The maximum Gasteiger partial charge on any atom is 0.166 e. The number of aromatic amines is 1. The highest BCUT2D eigenvalue weighted by Gasteiger charge is 2.21. The SMILES string of the molecule is CCn1cnc2c(N3CCOCC3)nc(-c3cccc4[nH]ccc34)nc21. The van der Waals surface area contributed by atoms with Gasteiger partial charge in [-0.05, 0) is 19.1 Å². The topological polar surface area (TPSA) is 71.9 Å². The number of anilines is 1. The number of ether oxygens (including phenoxy) is 1. The molecule has 26 heavy (non-hydrogen) atoms. The number of H-pyrrole nitrogens is 1. The van der Waals surface area contributed by atoms with Crippen LogP contribution >= 0.6 is 0 Å². The third-order valence-electron chi connectivity index (χ3n) is 4.93. The van der Waals surface area contributed by atoms with Crippen LogP contribution in [0.1, 0.15) is 6.92 Å². The molecule has 0 bridgehead atoms.